The lowest BCUT2D eigenvalue weighted by Gasteiger charge is -2.50. The molecule has 3 fully saturated rings. The second-order valence-corrected chi connectivity index (χ2v) is 8.52. The number of carbonyl (C=O) groups excluding carboxylic acids is 1. The molecule has 132 valence electrons. The lowest BCUT2D eigenvalue weighted by molar-refractivity contribution is -0.929. The second-order valence-electron chi connectivity index (χ2n) is 7.60. The van der Waals surface area contributed by atoms with Crippen molar-refractivity contribution in [2.24, 2.45) is 11.8 Å². The Balaban J connectivity index is 1.35. The standard InChI is InChI=1S/C20H24N2O2S/c1-22-10-7-15(8-11-22)17(13-22)14-24-20(23)21-18-9-12-25-19(18)16-5-3-2-4-6-16/h2-6,9,12,15,17H,7-8,10-11,13-14H2,1H3/p+1. The van der Waals surface area contributed by atoms with Gasteiger partial charge < -0.3 is 9.22 Å². The quantitative estimate of drug-likeness (QED) is 0.821. The maximum atomic E-state index is 12.3. The third-order valence-corrected chi connectivity index (χ3v) is 6.75. The number of carbonyl (C=O) groups is 1. The number of quaternary nitrogens is 1. The highest BCUT2D eigenvalue weighted by atomic mass is 32.1. The normalized spacial score (nSPS) is 27.9. The van der Waals surface area contributed by atoms with Gasteiger partial charge in [-0.2, -0.15) is 0 Å². The van der Waals surface area contributed by atoms with Gasteiger partial charge in [-0.05, 0) is 22.9 Å². The summed E-state index contributed by atoms with van der Waals surface area (Å²) in [5.41, 5.74) is 1.94. The van der Waals surface area contributed by atoms with Crippen LogP contribution in [-0.2, 0) is 4.74 Å². The third-order valence-electron chi connectivity index (χ3n) is 5.79. The molecule has 3 aliphatic rings. The number of fused-ring (bicyclic) bond motifs is 3. The summed E-state index contributed by atoms with van der Waals surface area (Å²) >= 11 is 1.63. The molecule has 1 aromatic carbocycles. The van der Waals surface area contributed by atoms with Crippen LogP contribution in [0, 0.1) is 11.8 Å². The molecule has 0 radical (unpaired) electrons. The van der Waals surface area contributed by atoms with Crippen molar-refractivity contribution in [3.63, 3.8) is 0 Å². The van der Waals surface area contributed by atoms with E-state index < -0.39 is 0 Å². The van der Waals surface area contributed by atoms with E-state index in [1.54, 1.807) is 11.3 Å². The first-order valence-electron chi connectivity index (χ1n) is 9.03. The zero-order valence-corrected chi connectivity index (χ0v) is 15.4. The molecule has 1 amide bonds. The average Bonchev–Trinajstić information content (AvgIpc) is 3.09. The van der Waals surface area contributed by atoms with Crippen LogP contribution in [0.15, 0.2) is 41.8 Å². The fraction of sp³-hybridized carbons (Fsp3) is 0.450. The predicted octanol–water partition coefficient (Wildman–Crippen LogP) is 4.45. The van der Waals surface area contributed by atoms with Gasteiger partial charge in [0, 0.05) is 18.8 Å². The van der Waals surface area contributed by atoms with Crippen molar-refractivity contribution in [1.82, 2.24) is 0 Å². The van der Waals surface area contributed by atoms with E-state index in [2.05, 4.69) is 24.5 Å². The van der Waals surface area contributed by atoms with Crippen LogP contribution < -0.4 is 5.32 Å². The van der Waals surface area contributed by atoms with Crippen LogP contribution in [0.3, 0.4) is 0 Å². The molecule has 1 aromatic heterocycles. The Labute approximate surface area is 153 Å². The Morgan fingerprint density at radius 1 is 1.24 bits per heavy atom. The molecule has 0 spiro atoms. The zero-order chi connectivity index (χ0) is 17.3. The van der Waals surface area contributed by atoms with Gasteiger partial charge in [-0.25, -0.2) is 4.79 Å². The molecule has 1 N–H and O–H groups in total. The number of nitrogens with one attached hydrogen (secondary N) is 1. The van der Waals surface area contributed by atoms with Gasteiger partial charge in [0.2, 0.25) is 0 Å². The molecule has 1 atom stereocenters. The molecular formula is C20H25N2O2S+. The summed E-state index contributed by atoms with van der Waals surface area (Å²) in [6, 6.07) is 12.1. The van der Waals surface area contributed by atoms with E-state index in [1.807, 2.05) is 29.6 Å². The average molecular weight is 357 g/mol. The Bertz CT molecular complexity index is 735. The van der Waals surface area contributed by atoms with Crippen LogP contribution in [-0.4, -0.2) is 43.9 Å². The molecule has 3 saturated heterocycles. The van der Waals surface area contributed by atoms with Crippen molar-refractivity contribution in [3.8, 4) is 10.4 Å². The molecule has 2 bridgehead atoms. The van der Waals surface area contributed by atoms with E-state index in [9.17, 15) is 4.79 Å². The second kappa shape index (κ2) is 6.81. The topological polar surface area (TPSA) is 38.3 Å². The van der Waals surface area contributed by atoms with Gasteiger partial charge in [0.15, 0.2) is 0 Å². The molecule has 4 nitrogen and oxygen atoms in total. The van der Waals surface area contributed by atoms with E-state index in [4.69, 9.17) is 4.74 Å². The largest absolute Gasteiger partial charge is 0.449 e. The first-order valence-corrected chi connectivity index (χ1v) is 9.91. The number of rotatable bonds is 4. The Hall–Kier alpha value is -1.85. The smallest absolute Gasteiger partial charge is 0.411 e. The maximum Gasteiger partial charge on any atom is 0.411 e. The summed E-state index contributed by atoms with van der Waals surface area (Å²) in [6.07, 6.45) is 2.21. The van der Waals surface area contributed by atoms with E-state index in [0.717, 1.165) is 33.1 Å². The SMILES string of the molecule is C[N+]12CCC(CC1)C(COC(=O)Nc1ccsc1-c1ccccc1)C2. The number of ether oxygens (including phenoxy) is 1. The van der Waals surface area contributed by atoms with Crippen LogP contribution in [0.1, 0.15) is 12.8 Å². The fourth-order valence-electron chi connectivity index (χ4n) is 4.32. The minimum atomic E-state index is -0.338. The Morgan fingerprint density at radius 2 is 2.00 bits per heavy atom. The zero-order valence-electron chi connectivity index (χ0n) is 14.6. The highest BCUT2D eigenvalue weighted by Crippen LogP contribution is 2.37. The van der Waals surface area contributed by atoms with Gasteiger partial charge in [-0.1, -0.05) is 30.3 Å². The molecule has 5 heteroatoms. The minimum Gasteiger partial charge on any atom is -0.449 e. The monoisotopic (exact) mass is 357 g/mol. The number of anilines is 1. The van der Waals surface area contributed by atoms with Crippen LogP contribution in [0.5, 0.6) is 0 Å². The summed E-state index contributed by atoms with van der Waals surface area (Å²) in [6.45, 7) is 4.24. The first-order chi connectivity index (χ1) is 12.1. The lowest BCUT2D eigenvalue weighted by atomic mass is 9.78. The molecule has 25 heavy (non-hydrogen) atoms. The van der Waals surface area contributed by atoms with Gasteiger partial charge >= 0.3 is 6.09 Å². The van der Waals surface area contributed by atoms with Crippen molar-refractivity contribution >= 4 is 23.1 Å². The summed E-state index contributed by atoms with van der Waals surface area (Å²) < 4.78 is 6.74. The number of piperidine rings is 3. The van der Waals surface area contributed by atoms with Crippen LogP contribution >= 0.6 is 11.3 Å². The van der Waals surface area contributed by atoms with Gasteiger partial charge in [-0.15, -0.1) is 11.3 Å². The van der Waals surface area contributed by atoms with E-state index >= 15 is 0 Å². The van der Waals surface area contributed by atoms with Gasteiger partial charge in [0.25, 0.3) is 0 Å². The summed E-state index contributed by atoms with van der Waals surface area (Å²) in [7, 11) is 2.33. The van der Waals surface area contributed by atoms with Crippen molar-refractivity contribution in [2.45, 2.75) is 12.8 Å². The number of hydrogen-bond acceptors (Lipinski definition) is 3. The minimum absolute atomic E-state index is 0.338. The Kier molecular flexibility index (Phi) is 4.52. The summed E-state index contributed by atoms with van der Waals surface area (Å²) in [4.78, 5) is 13.4. The van der Waals surface area contributed by atoms with Gasteiger partial charge in [0.05, 0.1) is 37.2 Å². The van der Waals surface area contributed by atoms with Crippen molar-refractivity contribution < 1.29 is 14.0 Å². The van der Waals surface area contributed by atoms with Gasteiger partial charge in [-0.3, -0.25) is 5.32 Å². The molecule has 3 aliphatic heterocycles. The first kappa shape index (κ1) is 16.6. The van der Waals surface area contributed by atoms with Gasteiger partial charge in [0.1, 0.15) is 6.61 Å². The number of amides is 1. The van der Waals surface area contributed by atoms with E-state index in [0.29, 0.717) is 12.5 Å². The fourth-order valence-corrected chi connectivity index (χ4v) is 5.18. The highest BCUT2D eigenvalue weighted by molar-refractivity contribution is 7.14. The summed E-state index contributed by atoms with van der Waals surface area (Å²) in [5.74, 6) is 1.24. The molecule has 4 heterocycles. The highest BCUT2D eigenvalue weighted by Gasteiger charge is 2.43. The summed E-state index contributed by atoms with van der Waals surface area (Å²) in [5, 5.41) is 4.92. The van der Waals surface area contributed by atoms with Crippen molar-refractivity contribution in [1.29, 1.82) is 0 Å². The Morgan fingerprint density at radius 3 is 2.72 bits per heavy atom. The van der Waals surface area contributed by atoms with Crippen LogP contribution in [0.25, 0.3) is 10.4 Å². The lowest BCUT2D eigenvalue weighted by Crippen LogP contribution is -2.60. The van der Waals surface area contributed by atoms with E-state index in [1.165, 1.54) is 25.9 Å². The van der Waals surface area contributed by atoms with Crippen molar-refractivity contribution in [2.75, 3.05) is 38.6 Å². The number of nitrogens with zero attached hydrogens (tertiary/aromatic N) is 1. The predicted molar refractivity (Wildman–Crippen MR) is 102 cm³/mol. The molecule has 0 saturated carbocycles. The molecular weight excluding hydrogens is 332 g/mol. The molecule has 1 unspecified atom stereocenters. The van der Waals surface area contributed by atoms with Crippen molar-refractivity contribution in [3.05, 3.63) is 41.8 Å². The maximum absolute atomic E-state index is 12.3. The molecule has 5 rings (SSSR count). The third kappa shape index (κ3) is 3.58. The number of benzene rings is 1. The van der Waals surface area contributed by atoms with Crippen LogP contribution in [0.4, 0.5) is 10.5 Å². The number of thiophene rings is 1. The number of hydrogen-bond donors (Lipinski definition) is 1. The van der Waals surface area contributed by atoms with E-state index in [-0.39, 0.29) is 6.09 Å². The van der Waals surface area contributed by atoms with Crippen LogP contribution in [0.2, 0.25) is 0 Å². The molecule has 2 aromatic rings. The molecule has 0 aliphatic carbocycles.